The number of nitrogens with one attached hydrogen (secondary N) is 1. The summed E-state index contributed by atoms with van der Waals surface area (Å²) in [6, 6.07) is 0. The van der Waals surface area contributed by atoms with Crippen LogP contribution in [0.4, 0.5) is 8.78 Å². The fraction of sp³-hybridized carbons (Fsp3) is 0.200. The molecule has 0 aliphatic carbocycles. The molecule has 0 aliphatic rings. The zero-order valence-electron chi connectivity index (χ0n) is 5.14. The van der Waals surface area contributed by atoms with Crippen LogP contribution in [-0.4, -0.2) is 16.5 Å². The van der Waals surface area contributed by atoms with E-state index in [1.54, 1.807) is 0 Å². The van der Waals surface area contributed by atoms with Gasteiger partial charge in [-0.05, 0) is 0 Å². The minimum Gasteiger partial charge on any atom is -0.298 e. The third-order valence-electron chi connectivity index (χ3n) is 1.12. The number of aromatic amines is 1. The zero-order valence-corrected chi connectivity index (χ0v) is 5.90. The SMILES string of the molecule is O=Cc1c(Cl)n[nH]c1C(F)F. The van der Waals surface area contributed by atoms with Gasteiger partial charge in [0.1, 0.15) is 5.69 Å². The minimum atomic E-state index is -2.75. The number of hydrogen-bond donors (Lipinski definition) is 1. The number of H-pyrrole nitrogens is 1. The number of aromatic nitrogens is 2. The molecule has 0 unspecified atom stereocenters. The summed E-state index contributed by atoms with van der Waals surface area (Å²) in [7, 11) is 0. The van der Waals surface area contributed by atoms with Gasteiger partial charge in [-0.25, -0.2) is 8.78 Å². The number of aldehydes is 1. The van der Waals surface area contributed by atoms with Crippen LogP contribution >= 0.6 is 11.6 Å². The summed E-state index contributed by atoms with van der Waals surface area (Å²) in [5.74, 6) is 0. The van der Waals surface area contributed by atoms with Gasteiger partial charge in [0.25, 0.3) is 6.43 Å². The van der Waals surface area contributed by atoms with Gasteiger partial charge in [-0.15, -0.1) is 0 Å². The number of rotatable bonds is 2. The van der Waals surface area contributed by atoms with E-state index in [0.29, 0.717) is 0 Å². The summed E-state index contributed by atoms with van der Waals surface area (Å²) in [4.78, 5) is 10.1. The minimum absolute atomic E-state index is 0.227. The molecule has 3 nitrogen and oxygen atoms in total. The van der Waals surface area contributed by atoms with Crippen molar-refractivity contribution in [2.75, 3.05) is 0 Å². The second-order valence-electron chi connectivity index (χ2n) is 1.76. The Morgan fingerprint density at radius 1 is 1.64 bits per heavy atom. The van der Waals surface area contributed by atoms with E-state index in [-0.39, 0.29) is 17.0 Å². The molecular weight excluding hydrogens is 178 g/mol. The van der Waals surface area contributed by atoms with Crippen LogP contribution in [0.25, 0.3) is 0 Å². The average molecular weight is 181 g/mol. The highest BCUT2D eigenvalue weighted by molar-refractivity contribution is 6.31. The number of halogens is 3. The lowest BCUT2D eigenvalue weighted by atomic mass is 10.3. The van der Waals surface area contributed by atoms with Gasteiger partial charge in [0, 0.05) is 0 Å². The van der Waals surface area contributed by atoms with Gasteiger partial charge >= 0.3 is 0 Å². The topological polar surface area (TPSA) is 45.8 Å². The van der Waals surface area contributed by atoms with Crippen LogP contribution in [0.15, 0.2) is 0 Å². The maximum atomic E-state index is 11.9. The van der Waals surface area contributed by atoms with Gasteiger partial charge in [0.2, 0.25) is 0 Å². The maximum Gasteiger partial charge on any atom is 0.280 e. The van der Waals surface area contributed by atoms with Gasteiger partial charge in [0.05, 0.1) is 5.56 Å². The predicted molar refractivity (Wildman–Crippen MR) is 33.9 cm³/mol. The van der Waals surface area contributed by atoms with Crippen molar-refractivity contribution in [1.82, 2.24) is 10.2 Å². The first kappa shape index (κ1) is 8.13. The zero-order chi connectivity index (χ0) is 8.43. The van der Waals surface area contributed by atoms with E-state index in [9.17, 15) is 13.6 Å². The van der Waals surface area contributed by atoms with E-state index >= 15 is 0 Å². The van der Waals surface area contributed by atoms with Gasteiger partial charge in [0.15, 0.2) is 11.4 Å². The van der Waals surface area contributed by atoms with Crippen molar-refractivity contribution in [3.63, 3.8) is 0 Å². The third-order valence-corrected chi connectivity index (χ3v) is 1.41. The van der Waals surface area contributed by atoms with E-state index < -0.39 is 12.1 Å². The largest absolute Gasteiger partial charge is 0.298 e. The Labute approximate surface area is 65.4 Å². The van der Waals surface area contributed by atoms with E-state index in [4.69, 9.17) is 11.6 Å². The van der Waals surface area contributed by atoms with E-state index in [2.05, 4.69) is 5.10 Å². The Morgan fingerprint density at radius 2 is 2.27 bits per heavy atom. The molecule has 1 aromatic rings. The monoisotopic (exact) mass is 180 g/mol. The Bertz CT molecular complexity index is 273. The van der Waals surface area contributed by atoms with Crippen LogP contribution in [0.1, 0.15) is 22.5 Å². The standard InChI is InChI=1S/C5H3ClF2N2O/c6-4-2(1-11)3(5(7)8)9-10-4/h1,5H,(H,9,10). The molecule has 1 N–H and O–H groups in total. The first-order valence-electron chi connectivity index (χ1n) is 2.64. The summed E-state index contributed by atoms with van der Waals surface area (Å²) in [5.41, 5.74) is -0.813. The first-order chi connectivity index (χ1) is 5.16. The highest BCUT2D eigenvalue weighted by Crippen LogP contribution is 2.23. The molecule has 0 amide bonds. The highest BCUT2D eigenvalue weighted by atomic mass is 35.5. The fourth-order valence-corrected chi connectivity index (χ4v) is 0.808. The summed E-state index contributed by atoms with van der Waals surface area (Å²) in [5, 5.41) is 4.97. The molecule has 0 saturated carbocycles. The second kappa shape index (κ2) is 2.96. The molecule has 0 atom stereocenters. The Hall–Kier alpha value is -0.970. The lowest BCUT2D eigenvalue weighted by molar-refractivity contribution is 0.110. The summed E-state index contributed by atoms with van der Waals surface area (Å²) < 4.78 is 23.9. The molecule has 0 spiro atoms. The lowest BCUT2D eigenvalue weighted by Crippen LogP contribution is -1.89. The van der Waals surface area contributed by atoms with Crippen LogP contribution in [-0.2, 0) is 0 Å². The van der Waals surface area contributed by atoms with Crippen LogP contribution < -0.4 is 0 Å². The average Bonchev–Trinajstić information content (AvgIpc) is 2.30. The Balaban J connectivity index is 3.15. The van der Waals surface area contributed by atoms with Crippen LogP contribution in [0, 0.1) is 0 Å². The molecule has 0 aromatic carbocycles. The fourth-order valence-electron chi connectivity index (χ4n) is 0.619. The van der Waals surface area contributed by atoms with E-state index in [0.717, 1.165) is 0 Å². The number of nitrogens with zero attached hydrogens (tertiary/aromatic N) is 1. The molecule has 1 rings (SSSR count). The molecule has 6 heteroatoms. The summed E-state index contributed by atoms with van der Waals surface area (Å²) in [6.07, 6.45) is -2.51. The number of alkyl halides is 2. The molecule has 0 radical (unpaired) electrons. The van der Waals surface area contributed by atoms with Crippen LogP contribution in [0.3, 0.4) is 0 Å². The number of carbonyl (C=O) groups excluding carboxylic acids is 1. The van der Waals surface area contributed by atoms with Crippen LogP contribution in [0.5, 0.6) is 0 Å². The van der Waals surface area contributed by atoms with Crippen molar-refractivity contribution in [1.29, 1.82) is 0 Å². The molecular formula is C5H3ClF2N2O. The van der Waals surface area contributed by atoms with E-state index in [1.165, 1.54) is 0 Å². The van der Waals surface area contributed by atoms with Crippen molar-refractivity contribution in [3.8, 4) is 0 Å². The quantitative estimate of drug-likeness (QED) is 0.706. The molecule has 0 aliphatic heterocycles. The van der Waals surface area contributed by atoms with Crippen molar-refractivity contribution >= 4 is 17.9 Å². The predicted octanol–water partition coefficient (Wildman–Crippen LogP) is 1.81. The molecule has 1 heterocycles. The first-order valence-corrected chi connectivity index (χ1v) is 3.01. The summed E-state index contributed by atoms with van der Waals surface area (Å²) >= 11 is 5.28. The van der Waals surface area contributed by atoms with E-state index in [1.807, 2.05) is 5.10 Å². The Kier molecular flexibility index (Phi) is 2.19. The second-order valence-corrected chi connectivity index (χ2v) is 2.12. The molecule has 1 aromatic heterocycles. The number of hydrogen-bond acceptors (Lipinski definition) is 2. The molecule has 0 bridgehead atoms. The van der Waals surface area contributed by atoms with Crippen molar-refractivity contribution < 1.29 is 13.6 Å². The van der Waals surface area contributed by atoms with Crippen molar-refractivity contribution in [2.24, 2.45) is 0 Å². The maximum absolute atomic E-state index is 11.9. The normalized spacial score (nSPS) is 10.5. The smallest absolute Gasteiger partial charge is 0.280 e. The molecule has 0 fully saturated rings. The molecule has 0 saturated heterocycles. The van der Waals surface area contributed by atoms with Crippen LogP contribution in [0.2, 0.25) is 5.15 Å². The van der Waals surface area contributed by atoms with Gasteiger partial charge in [-0.1, -0.05) is 11.6 Å². The molecule has 11 heavy (non-hydrogen) atoms. The van der Waals surface area contributed by atoms with Crippen molar-refractivity contribution in [2.45, 2.75) is 6.43 Å². The number of carbonyl (C=O) groups is 1. The summed E-state index contributed by atoms with van der Waals surface area (Å²) in [6.45, 7) is 0. The van der Waals surface area contributed by atoms with Gasteiger partial charge in [-0.3, -0.25) is 9.89 Å². The highest BCUT2D eigenvalue weighted by Gasteiger charge is 2.18. The molecule has 60 valence electrons. The lowest BCUT2D eigenvalue weighted by Gasteiger charge is -1.92. The van der Waals surface area contributed by atoms with Crippen molar-refractivity contribution in [3.05, 3.63) is 16.4 Å². The third kappa shape index (κ3) is 1.37. The Morgan fingerprint density at radius 3 is 2.64 bits per heavy atom. The van der Waals surface area contributed by atoms with Gasteiger partial charge in [-0.2, -0.15) is 5.10 Å². The van der Waals surface area contributed by atoms with Gasteiger partial charge < -0.3 is 0 Å².